The van der Waals surface area contributed by atoms with Gasteiger partial charge >= 0.3 is 0 Å². The summed E-state index contributed by atoms with van der Waals surface area (Å²) in [4.78, 5) is 0. The summed E-state index contributed by atoms with van der Waals surface area (Å²) >= 11 is 0. The standard InChI is InChI=1S/C15H22O/c1-11-8-14(9-12(2)15(11)16)10-13-6-4-3-5-7-13/h8-9,13,16H,3-7,10H2,1-2H3. The summed E-state index contributed by atoms with van der Waals surface area (Å²) in [5, 5.41) is 9.74. The van der Waals surface area contributed by atoms with Crippen LogP contribution in [0.25, 0.3) is 0 Å². The molecule has 1 N–H and O–H groups in total. The summed E-state index contributed by atoms with van der Waals surface area (Å²) in [6.45, 7) is 3.99. The molecular weight excluding hydrogens is 196 g/mol. The smallest absolute Gasteiger partial charge is 0.121 e. The first kappa shape index (κ1) is 11.5. The monoisotopic (exact) mass is 218 g/mol. The van der Waals surface area contributed by atoms with Crippen LogP contribution in [0.4, 0.5) is 0 Å². The first-order valence-corrected chi connectivity index (χ1v) is 6.46. The van der Waals surface area contributed by atoms with Crippen molar-refractivity contribution >= 4 is 0 Å². The SMILES string of the molecule is Cc1cc(CC2CCCCC2)cc(C)c1O. The Balaban J connectivity index is 2.09. The van der Waals surface area contributed by atoms with Gasteiger partial charge in [0.05, 0.1) is 0 Å². The van der Waals surface area contributed by atoms with Crippen molar-refractivity contribution in [3.05, 3.63) is 28.8 Å². The van der Waals surface area contributed by atoms with Gasteiger partial charge in [0.2, 0.25) is 0 Å². The van der Waals surface area contributed by atoms with Crippen molar-refractivity contribution in [3.8, 4) is 5.75 Å². The molecular formula is C15H22O. The van der Waals surface area contributed by atoms with E-state index in [4.69, 9.17) is 0 Å². The van der Waals surface area contributed by atoms with Crippen LogP contribution in [0, 0.1) is 19.8 Å². The highest BCUT2D eigenvalue weighted by molar-refractivity contribution is 5.42. The first-order valence-electron chi connectivity index (χ1n) is 6.46. The van der Waals surface area contributed by atoms with Crippen LogP contribution in [-0.4, -0.2) is 5.11 Å². The topological polar surface area (TPSA) is 20.2 Å². The Morgan fingerprint density at radius 1 is 1.06 bits per heavy atom. The summed E-state index contributed by atoms with van der Waals surface area (Å²) in [6.07, 6.45) is 8.20. The van der Waals surface area contributed by atoms with E-state index < -0.39 is 0 Å². The molecule has 0 bridgehead atoms. The lowest BCUT2D eigenvalue weighted by Gasteiger charge is -2.22. The number of aromatic hydroxyl groups is 1. The fourth-order valence-corrected chi connectivity index (χ4v) is 2.89. The summed E-state index contributed by atoms with van der Waals surface area (Å²) in [7, 11) is 0. The lowest BCUT2D eigenvalue weighted by Crippen LogP contribution is -2.09. The molecule has 0 heterocycles. The highest BCUT2D eigenvalue weighted by Gasteiger charge is 2.14. The van der Waals surface area contributed by atoms with Crippen LogP contribution in [-0.2, 0) is 6.42 Å². The predicted molar refractivity (Wildman–Crippen MR) is 67.9 cm³/mol. The van der Waals surface area contributed by atoms with E-state index in [1.54, 1.807) is 0 Å². The number of phenolic OH excluding ortho intramolecular Hbond substituents is 1. The van der Waals surface area contributed by atoms with E-state index in [9.17, 15) is 5.11 Å². The molecule has 0 amide bonds. The Hall–Kier alpha value is -0.980. The minimum absolute atomic E-state index is 0.465. The van der Waals surface area contributed by atoms with E-state index in [2.05, 4.69) is 12.1 Å². The molecule has 0 aromatic heterocycles. The lowest BCUT2D eigenvalue weighted by atomic mass is 9.84. The van der Waals surface area contributed by atoms with E-state index >= 15 is 0 Å². The summed E-state index contributed by atoms with van der Waals surface area (Å²) in [5.41, 5.74) is 3.44. The quantitative estimate of drug-likeness (QED) is 0.791. The maximum atomic E-state index is 9.74. The minimum Gasteiger partial charge on any atom is -0.507 e. The molecule has 1 aromatic rings. The molecule has 1 aromatic carbocycles. The molecule has 0 spiro atoms. The normalized spacial score (nSPS) is 17.6. The van der Waals surface area contributed by atoms with Crippen LogP contribution in [0.1, 0.15) is 48.8 Å². The maximum absolute atomic E-state index is 9.74. The van der Waals surface area contributed by atoms with Gasteiger partial charge in [0.25, 0.3) is 0 Å². The summed E-state index contributed by atoms with van der Waals surface area (Å²) < 4.78 is 0. The van der Waals surface area contributed by atoms with E-state index in [0.717, 1.165) is 17.0 Å². The second-order valence-corrected chi connectivity index (χ2v) is 5.29. The molecule has 1 saturated carbocycles. The average molecular weight is 218 g/mol. The van der Waals surface area contributed by atoms with Crippen LogP contribution in [0.15, 0.2) is 12.1 Å². The number of phenols is 1. The van der Waals surface area contributed by atoms with Gasteiger partial charge < -0.3 is 5.11 Å². The number of rotatable bonds is 2. The van der Waals surface area contributed by atoms with Crippen molar-refractivity contribution in [1.29, 1.82) is 0 Å². The van der Waals surface area contributed by atoms with Gasteiger partial charge in [-0.25, -0.2) is 0 Å². The molecule has 1 aliphatic rings. The minimum atomic E-state index is 0.465. The second-order valence-electron chi connectivity index (χ2n) is 5.29. The Kier molecular flexibility index (Phi) is 3.52. The molecule has 0 radical (unpaired) electrons. The summed E-state index contributed by atoms with van der Waals surface area (Å²) in [6, 6.07) is 4.30. The largest absolute Gasteiger partial charge is 0.507 e. The zero-order valence-corrected chi connectivity index (χ0v) is 10.4. The van der Waals surface area contributed by atoms with Crippen LogP contribution >= 0.6 is 0 Å². The zero-order valence-electron chi connectivity index (χ0n) is 10.4. The Morgan fingerprint density at radius 3 is 2.19 bits per heavy atom. The molecule has 1 heteroatoms. The Labute approximate surface area is 98.5 Å². The third-order valence-electron chi connectivity index (χ3n) is 3.80. The zero-order chi connectivity index (χ0) is 11.5. The molecule has 0 aliphatic heterocycles. The fraction of sp³-hybridized carbons (Fsp3) is 0.600. The van der Waals surface area contributed by atoms with Crippen molar-refractivity contribution in [1.82, 2.24) is 0 Å². The fourth-order valence-electron chi connectivity index (χ4n) is 2.89. The Morgan fingerprint density at radius 2 is 1.62 bits per heavy atom. The van der Waals surface area contributed by atoms with E-state index in [-0.39, 0.29) is 0 Å². The van der Waals surface area contributed by atoms with Crippen LogP contribution in [0.2, 0.25) is 0 Å². The molecule has 0 saturated heterocycles. The molecule has 16 heavy (non-hydrogen) atoms. The third kappa shape index (κ3) is 2.58. The first-order chi connectivity index (χ1) is 7.66. The van der Waals surface area contributed by atoms with Crippen molar-refractivity contribution in [2.75, 3.05) is 0 Å². The van der Waals surface area contributed by atoms with Crippen molar-refractivity contribution < 1.29 is 5.11 Å². The molecule has 0 unspecified atom stereocenters. The van der Waals surface area contributed by atoms with E-state index in [0.29, 0.717) is 5.75 Å². The number of hydrogen-bond acceptors (Lipinski definition) is 1. The molecule has 2 rings (SSSR count). The molecule has 1 fully saturated rings. The number of benzene rings is 1. The molecule has 0 atom stereocenters. The highest BCUT2D eigenvalue weighted by Crippen LogP contribution is 2.29. The van der Waals surface area contributed by atoms with Gasteiger partial charge in [0.1, 0.15) is 5.75 Å². The van der Waals surface area contributed by atoms with E-state index in [1.165, 1.54) is 44.1 Å². The van der Waals surface area contributed by atoms with Gasteiger partial charge in [-0.05, 0) is 42.9 Å². The van der Waals surface area contributed by atoms with Gasteiger partial charge in [-0.15, -0.1) is 0 Å². The van der Waals surface area contributed by atoms with Crippen molar-refractivity contribution in [3.63, 3.8) is 0 Å². The molecule has 1 nitrogen and oxygen atoms in total. The highest BCUT2D eigenvalue weighted by atomic mass is 16.3. The van der Waals surface area contributed by atoms with Crippen LogP contribution in [0.5, 0.6) is 5.75 Å². The average Bonchev–Trinajstić information content (AvgIpc) is 2.27. The van der Waals surface area contributed by atoms with Crippen molar-refractivity contribution in [2.45, 2.75) is 52.4 Å². The second kappa shape index (κ2) is 4.90. The Bertz CT molecular complexity index is 339. The van der Waals surface area contributed by atoms with Gasteiger partial charge in [-0.1, -0.05) is 44.2 Å². The lowest BCUT2D eigenvalue weighted by molar-refractivity contribution is 0.356. The summed E-state index contributed by atoms with van der Waals surface area (Å²) in [5.74, 6) is 1.34. The van der Waals surface area contributed by atoms with Crippen LogP contribution in [0.3, 0.4) is 0 Å². The number of aryl methyl sites for hydroxylation is 2. The maximum Gasteiger partial charge on any atom is 0.121 e. The van der Waals surface area contributed by atoms with E-state index in [1.807, 2.05) is 13.8 Å². The molecule has 1 aliphatic carbocycles. The van der Waals surface area contributed by atoms with Crippen LogP contribution < -0.4 is 0 Å². The van der Waals surface area contributed by atoms with Gasteiger partial charge in [-0.3, -0.25) is 0 Å². The van der Waals surface area contributed by atoms with Crippen molar-refractivity contribution in [2.24, 2.45) is 5.92 Å². The van der Waals surface area contributed by atoms with Gasteiger partial charge in [0.15, 0.2) is 0 Å². The predicted octanol–water partition coefficient (Wildman–Crippen LogP) is 4.13. The number of hydrogen-bond donors (Lipinski definition) is 1. The third-order valence-corrected chi connectivity index (χ3v) is 3.80. The van der Waals surface area contributed by atoms with Gasteiger partial charge in [0, 0.05) is 0 Å². The van der Waals surface area contributed by atoms with Gasteiger partial charge in [-0.2, -0.15) is 0 Å². The molecule has 88 valence electrons.